The van der Waals surface area contributed by atoms with Gasteiger partial charge in [0, 0.05) is 11.3 Å². The summed E-state index contributed by atoms with van der Waals surface area (Å²) in [6, 6.07) is 3.44. The lowest BCUT2D eigenvalue weighted by atomic mass is 10.1. The third-order valence-electron chi connectivity index (χ3n) is 2.69. The van der Waals surface area contributed by atoms with Gasteiger partial charge in [0.2, 0.25) is 0 Å². The van der Waals surface area contributed by atoms with Crippen LogP contribution in [0.3, 0.4) is 0 Å². The molecule has 0 saturated carbocycles. The summed E-state index contributed by atoms with van der Waals surface area (Å²) in [5.74, 6) is 0.744. The molecule has 17 heavy (non-hydrogen) atoms. The van der Waals surface area contributed by atoms with Crippen LogP contribution in [0.15, 0.2) is 23.1 Å². The number of rotatable bonds is 2. The molecule has 0 fully saturated rings. The first kappa shape index (κ1) is 11.4. The highest BCUT2D eigenvalue weighted by atomic mass is 16.1. The highest BCUT2D eigenvalue weighted by Crippen LogP contribution is 2.14. The fourth-order valence-electron chi connectivity index (χ4n) is 1.93. The lowest BCUT2D eigenvalue weighted by Gasteiger charge is -2.00. The van der Waals surface area contributed by atoms with Gasteiger partial charge in [-0.2, -0.15) is 0 Å². The Balaban J connectivity index is 2.58. The van der Waals surface area contributed by atoms with Crippen LogP contribution in [0.5, 0.6) is 0 Å². The van der Waals surface area contributed by atoms with Crippen LogP contribution >= 0.6 is 0 Å². The summed E-state index contributed by atoms with van der Waals surface area (Å²) in [6.07, 6.45) is 1.53. The molecule has 0 radical (unpaired) electrons. The number of nitrogen functional groups attached to an aromatic ring is 1. The molecule has 2 rings (SSSR count). The predicted octanol–water partition coefficient (Wildman–Crippen LogP) is 1.57. The average Bonchev–Trinajstić information content (AvgIpc) is 2.55. The number of hydrogen-bond donors (Lipinski definition) is 2. The van der Waals surface area contributed by atoms with Crippen LogP contribution in [0.2, 0.25) is 0 Å². The number of hydrogen-bond acceptors (Lipinski definition) is 3. The maximum atomic E-state index is 12.2. The Hall–Kier alpha value is -2.04. The summed E-state index contributed by atoms with van der Waals surface area (Å²) < 4.78 is 1.45. The van der Waals surface area contributed by atoms with Crippen molar-refractivity contribution >= 4 is 5.69 Å². The van der Waals surface area contributed by atoms with Gasteiger partial charge in [-0.1, -0.05) is 13.8 Å². The van der Waals surface area contributed by atoms with Crippen molar-refractivity contribution in [1.29, 1.82) is 0 Å². The van der Waals surface area contributed by atoms with Crippen LogP contribution in [0.4, 0.5) is 5.69 Å². The molecule has 2 heterocycles. The number of aromatic nitrogens is 3. The van der Waals surface area contributed by atoms with Gasteiger partial charge in [0.05, 0.1) is 11.9 Å². The molecule has 0 unspecified atom stereocenters. The monoisotopic (exact) mass is 232 g/mol. The zero-order valence-corrected chi connectivity index (χ0v) is 10.2. The van der Waals surface area contributed by atoms with Crippen molar-refractivity contribution < 1.29 is 0 Å². The predicted molar refractivity (Wildman–Crippen MR) is 67.4 cm³/mol. The van der Waals surface area contributed by atoms with Crippen molar-refractivity contribution in [2.24, 2.45) is 0 Å². The molecular weight excluding hydrogens is 216 g/mol. The lowest BCUT2D eigenvalue weighted by molar-refractivity contribution is 0.801. The summed E-state index contributed by atoms with van der Waals surface area (Å²) in [5, 5.41) is 3.03. The second kappa shape index (κ2) is 4.08. The van der Waals surface area contributed by atoms with Crippen LogP contribution in [0.1, 0.15) is 31.0 Å². The Labute approximate surface area is 99.3 Å². The number of H-pyrrole nitrogens is 1. The molecule has 0 aliphatic carbocycles. The number of nitrogens with zero attached hydrogens (tertiary/aromatic N) is 2. The molecule has 0 aliphatic rings. The van der Waals surface area contributed by atoms with Crippen LogP contribution in [-0.2, 0) is 0 Å². The van der Waals surface area contributed by atoms with Crippen LogP contribution in [-0.4, -0.2) is 14.8 Å². The Morgan fingerprint density at radius 1 is 1.41 bits per heavy atom. The smallest absolute Gasteiger partial charge is 0.276 e. The molecule has 2 aromatic heterocycles. The van der Waals surface area contributed by atoms with E-state index in [4.69, 9.17) is 5.73 Å². The minimum Gasteiger partial charge on any atom is -0.397 e. The van der Waals surface area contributed by atoms with Gasteiger partial charge in [-0.05, 0) is 25.0 Å². The van der Waals surface area contributed by atoms with Gasteiger partial charge < -0.3 is 5.73 Å². The molecule has 5 heteroatoms. The normalized spacial score (nSPS) is 11.1. The molecule has 3 N–H and O–H groups in total. The van der Waals surface area contributed by atoms with E-state index in [-0.39, 0.29) is 11.5 Å². The zero-order valence-electron chi connectivity index (χ0n) is 10.2. The molecule has 0 amide bonds. The summed E-state index contributed by atoms with van der Waals surface area (Å²) in [6.45, 7) is 5.89. The van der Waals surface area contributed by atoms with Crippen LogP contribution in [0.25, 0.3) is 5.82 Å². The molecule has 0 aliphatic heterocycles. The van der Waals surface area contributed by atoms with Crippen molar-refractivity contribution in [3.05, 3.63) is 39.9 Å². The minimum atomic E-state index is -0.0465. The maximum Gasteiger partial charge on any atom is 0.276 e. The standard InChI is InChI=1S/C12H16N4O/c1-7(2)11-8(3)15-16(12(11)17)10-5-4-9(13)6-14-10/h4-7,15H,13H2,1-3H3. The van der Waals surface area contributed by atoms with E-state index < -0.39 is 0 Å². The maximum absolute atomic E-state index is 12.2. The molecule has 0 aromatic carbocycles. The number of pyridine rings is 1. The van der Waals surface area contributed by atoms with Crippen molar-refractivity contribution in [3.8, 4) is 5.82 Å². The second-order valence-corrected chi connectivity index (χ2v) is 4.40. The Kier molecular flexibility index (Phi) is 2.75. The summed E-state index contributed by atoms with van der Waals surface area (Å²) in [5.41, 5.74) is 7.77. The van der Waals surface area contributed by atoms with Crippen LogP contribution < -0.4 is 11.3 Å². The number of aryl methyl sites for hydroxylation is 1. The first-order chi connectivity index (χ1) is 8.00. The second-order valence-electron chi connectivity index (χ2n) is 4.40. The molecule has 2 aromatic rings. The molecule has 0 spiro atoms. The Morgan fingerprint density at radius 3 is 2.59 bits per heavy atom. The first-order valence-corrected chi connectivity index (χ1v) is 5.54. The fraction of sp³-hybridized carbons (Fsp3) is 0.333. The fourth-order valence-corrected chi connectivity index (χ4v) is 1.93. The largest absolute Gasteiger partial charge is 0.397 e. The van der Waals surface area contributed by atoms with Gasteiger partial charge in [0.15, 0.2) is 5.82 Å². The first-order valence-electron chi connectivity index (χ1n) is 5.54. The molecular formula is C12H16N4O. The van der Waals surface area contributed by atoms with E-state index in [1.165, 1.54) is 10.9 Å². The Bertz CT molecular complexity index is 578. The third-order valence-corrected chi connectivity index (χ3v) is 2.69. The highest BCUT2D eigenvalue weighted by Gasteiger charge is 2.15. The SMILES string of the molecule is Cc1[nH]n(-c2ccc(N)cn2)c(=O)c1C(C)C. The van der Waals surface area contributed by atoms with Crippen molar-refractivity contribution in [2.45, 2.75) is 26.7 Å². The van der Waals surface area contributed by atoms with Gasteiger partial charge >= 0.3 is 0 Å². The van der Waals surface area contributed by atoms with Gasteiger partial charge in [-0.25, -0.2) is 9.67 Å². The van der Waals surface area contributed by atoms with Gasteiger partial charge in [-0.15, -0.1) is 0 Å². The molecule has 90 valence electrons. The van der Waals surface area contributed by atoms with E-state index >= 15 is 0 Å². The number of nitrogens with one attached hydrogen (secondary N) is 1. The zero-order chi connectivity index (χ0) is 12.6. The van der Waals surface area contributed by atoms with E-state index in [2.05, 4.69) is 10.1 Å². The van der Waals surface area contributed by atoms with E-state index in [0.29, 0.717) is 11.5 Å². The average molecular weight is 232 g/mol. The number of anilines is 1. The highest BCUT2D eigenvalue weighted by molar-refractivity contribution is 5.39. The topological polar surface area (TPSA) is 76.7 Å². The van der Waals surface area contributed by atoms with E-state index in [1.54, 1.807) is 12.1 Å². The quantitative estimate of drug-likeness (QED) is 0.825. The molecule has 0 saturated heterocycles. The van der Waals surface area contributed by atoms with E-state index in [0.717, 1.165) is 11.3 Å². The van der Waals surface area contributed by atoms with Gasteiger partial charge in [0.25, 0.3) is 5.56 Å². The Morgan fingerprint density at radius 2 is 2.12 bits per heavy atom. The van der Waals surface area contributed by atoms with Crippen LogP contribution in [0, 0.1) is 6.92 Å². The number of aromatic amines is 1. The molecule has 0 bridgehead atoms. The minimum absolute atomic E-state index is 0.0465. The summed E-state index contributed by atoms with van der Waals surface area (Å²) in [4.78, 5) is 16.3. The summed E-state index contributed by atoms with van der Waals surface area (Å²) >= 11 is 0. The third kappa shape index (κ3) is 1.95. The lowest BCUT2D eigenvalue weighted by Crippen LogP contribution is -2.19. The number of nitrogens with two attached hydrogens (primary N) is 1. The summed E-state index contributed by atoms with van der Waals surface area (Å²) in [7, 11) is 0. The van der Waals surface area contributed by atoms with Gasteiger partial charge in [0.1, 0.15) is 0 Å². The van der Waals surface area contributed by atoms with Crippen molar-refractivity contribution in [3.63, 3.8) is 0 Å². The molecule has 5 nitrogen and oxygen atoms in total. The van der Waals surface area contributed by atoms with E-state index in [1.807, 2.05) is 20.8 Å². The van der Waals surface area contributed by atoms with Crippen molar-refractivity contribution in [1.82, 2.24) is 14.8 Å². The van der Waals surface area contributed by atoms with Gasteiger partial charge in [-0.3, -0.25) is 9.89 Å². The van der Waals surface area contributed by atoms with Crippen molar-refractivity contribution in [2.75, 3.05) is 5.73 Å². The van der Waals surface area contributed by atoms with E-state index in [9.17, 15) is 4.79 Å². The molecule has 0 atom stereocenters.